The van der Waals surface area contributed by atoms with E-state index in [-0.39, 0.29) is 11.1 Å². The second kappa shape index (κ2) is 7.90. The summed E-state index contributed by atoms with van der Waals surface area (Å²) in [5.41, 5.74) is 7.19. The topological polar surface area (TPSA) is 104 Å². The molecule has 1 amide bonds. The third-order valence-electron chi connectivity index (χ3n) is 5.20. The van der Waals surface area contributed by atoms with Crippen molar-refractivity contribution in [3.05, 3.63) is 52.4 Å². The number of carbonyl (C=O) groups excluding carboxylic acids is 1. The van der Waals surface area contributed by atoms with Crippen LogP contribution in [-0.2, 0) is 0 Å². The molecule has 1 aromatic carbocycles. The molecular weight excluding hydrogens is 356 g/mol. The third kappa shape index (κ3) is 3.94. The van der Waals surface area contributed by atoms with Gasteiger partial charge in [0.2, 0.25) is 5.91 Å². The largest absolute Gasteiger partial charge is 0.492 e. The number of ether oxygens (including phenoxy) is 1. The van der Waals surface area contributed by atoms with E-state index in [0.717, 1.165) is 36.3 Å². The maximum atomic E-state index is 12.2. The number of H-pyrrole nitrogens is 2. The molecule has 2 aromatic heterocycles. The molecule has 3 aromatic rings. The molecule has 1 aliphatic heterocycles. The zero-order chi connectivity index (χ0) is 19.5. The number of nitrogens with one attached hydrogen (secondary N) is 2. The van der Waals surface area contributed by atoms with Crippen LogP contribution in [0.3, 0.4) is 0 Å². The van der Waals surface area contributed by atoms with Gasteiger partial charge in [0.05, 0.1) is 16.8 Å². The molecule has 7 nitrogen and oxygen atoms in total. The number of rotatable bonds is 6. The van der Waals surface area contributed by atoms with Gasteiger partial charge >= 0.3 is 0 Å². The lowest BCUT2D eigenvalue weighted by Gasteiger charge is -2.26. The number of carbonyl (C=O) groups is 1. The molecule has 0 saturated carbocycles. The number of piperidine rings is 1. The van der Waals surface area contributed by atoms with Crippen molar-refractivity contribution in [2.45, 2.75) is 19.3 Å². The van der Waals surface area contributed by atoms with Gasteiger partial charge in [-0.15, -0.1) is 0 Å². The molecule has 7 heteroatoms. The van der Waals surface area contributed by atoms with Gasteiger partial charge in [-0.25, -0.2) is 0 Å². The van der Waals surface area contributed by atoms with Crippen LogP contribution in [0.5, 0.6) is 5.75 Å². The molecule has 0 spiro atoms. The minimum atomic E-state index is -0.585. The number of pyridine rings is 1. The molecule has 0 unspecified atom stereocenters. The number of nitrogens with two attached hydrogens (primary N) is 1. The number of likely N-dealkylation sites (tertiary alicyclic amines) is 1. The fourth-order valence-electron chi connectivity index (χ4n) is 3.65. The van der Waals surface area contributed by atoms with Crippen LogP contribution in [0.15, 0.2) is 41.3 Å². The molecule has 146 valence electrons. The van der Waals surface area contributed by atoms with Gasteiger partial charge in [-0.3, -0.25) is 14.5 Å². The summed E-state index contributed by atoms with van der Waals surface area (Å²) >= 11 is 0. The Labute approximate surface area is 162 Å². The van der Waals surface area contributed by atoms with Crippen molar-refractivity contribution in [1.29, 1.82) is 0 Å². The normalized spacial score (nSPS) is 15.0. The minimum Gasteiger partial charge on any atom is -0.492 e. The first kappa shape index (κ1) is 18.3. The molecule has 0 radical (unpaired) electrons. The van der Waals surface area contributed by atoms with E-state index in [1.54, 1.807) is 0 Å². The first-order chi connectivity index (χ1) is 13.6. The molecule has 3 heterocycles. The molecule has 28 heavy (non-hydrogen) atoms. The molecular formula is C21H24N4O3. The lowest BCUT2D eigenvalue weighted by molar-refractivity contribution is 0.1000. The Morgan fingerprint density at radius 2 is 1.96 bits per heavy atom. The monoisotopic (exact) mass is 380 g/mol. The van der Waals surface area contributed by atoms with Crippen molar-refractivity contribution in [3.63, 3.8) is 0 Å². The van der Waals surface area contributed by atoms with Crippen molar-refractivity contribution in [1.82, 2.24) is 14.9 Å². The van der Waals surface area contributed by atoms with Gasteiger partial charge in [0.1, 0.15) is 12.4 Å². The highest BCUT2D eigenvalue weighted by Crippen LogP contribution is 2.26. The molecule has 0 bridgehead atoms. The number of primary amides is 1. The van der Waals surface area contributed by atoms with Crippen LogP contribution in [-0.4, -0.2) is 47.0 Å². The van der Waals surface area contributed by atoms with E-state index in [0.29, 0.717) is 17.9 Å². The molecule has 1 saturated heterocycles. The maximum Gasteiger partial charge on any atom is 0.257 e. The van der Waals surface area contributed by atoms with Gasteiger partial charge in [-0.1, -0.05) is 6.42 Å². The van der Waals surface area contributed by atoms with Crippen LogP contribution >= 0.6 is 0 Å². The van der Waals surface area contributed by atoms with Gasteiger partial charge in [-0.2, -0.15) is 0 Å². The number of fused-ring (bicyclic) bond motifs is 1. The Morgan fingerprint density at radius 3 is 2.75 bits per heavy atom. The number of hydrogen-bond acceptors (Lipinski definition) is 4. The smallest absolute Gasteiger partial charge is 0.257 e. The summed E-state index contributed by atoms with van der Waals surface area (Å²) in [6, 6.07) is 9.19. The summed E-state index contributed by atoms with van der Waals surface area (Å²) in [5.74, 6) is 0.216. The fourth-order valence-corrected chi connectivity index (χ4v) is 3.65. The number of hydrogen-bond donors (Lipinski definition) is 3. The summed E-state index contributed by atoms with van der Waals surface area (Å²) in [4.78, 5) is 31.8. The predicted molar refractivity (Wildman–Crippen MR) is 109 cm³/mol. The summed E-state index contributed by atoms with van der Waals surface area (Å²) in [6.07, 6.45) is 5.20. The van der Waals surface area contributed by atoms with Crippen molar-refractivity contribution < 1.29 is 9.53 Å². The van der Waals surface area contributed by atoms with Crippen molar-refractivity contribution >= 4 is 16.8 Å². The lowest BCUT2D eigenvalue weighted by atomic mass is 10.1. The number of benzene rings is 1. The Hall–Kier alpha value is -3.06. The van der Waals surface area contributed by atoms with Crippen LogP contribution in [0.2, 0.25) is 0 Å². The predicted octanol–water partition coefficient (Wildman–Crippen LogP) is 2.49. The Bertz CT molecular complexity index is 1050. The van der Waals surface area contributed by atoms with Crippen LogP contribution in [0.1, 0.15) is 29.6 Å². The van der Waals surface area contributed by atoms with E-state index in [4.69, 9.17) is 10.5 Å². The number of amides is 1. The van der Waals surface area contributed by atoms with E-state index in [2.05, 4.69) is 14.9 Å². The first-order valence-corrected chi connectivity index (χ1v) is 9.61. The van der Waals surface area contributed by atoms with E-state index >= 15 is 0 Å². The summed E-state index contributed by atoms with van der Waals surface area (Å²) in [5, 5.41) is 0.939. The van der Waals surface area contributed by atoms with Gasteiger partial charge in [-0.05, 0) is 56.3 Å². The lowest BCUT2D eigenvalue weighted by Crippen LogP contribution is -2.33. The molecule has 0 aliphatic carbocycles. The quantitative estimate of drug-likeness (QED) is 0.611. The molecule has 4 rings (SSSR count). The third-order valence-corrected chi connectivity index (χ3v) is 5.20. The standard InChI is InChI=1S/C21H24N4O3/c22-20(26)15-11-17(21(27)23-13-15)19-12-14-10-16(4-5-18(14)24-19)28-9-8-25-6-2-1-3-7-25/h4-5,10-13,24H,1-3,6-9H2,(H2,22,26)(H,23,27). The second-order valence-electron chi connectivity index (χ2n) is 7.18. The van der Waals surface area contributed by atoms with Crippen molar-refractivity contribution in [3.8, 4) is 17.0 Å². The highest BCUT2D eigenvalue weighted by atomic mass is 16.5. The zero-order valence-corrected chi connectivity index (χ0v) is 15.7. The van der Waals surface area contributed by atoms with Gasteiger partial charge in [0.25, 0.3) is 5.56 Å². The van der Waals surface area contributed by atoms with Gasteiger partial charge < -0.3 is 20.4 Å². The van der Waals surface area contributed by atoms with Crippen LogP contribution in [0, 0.1) is 0 Å². The van der Waals surface area contributed by atoms with Gasteiger partial charge in [0.15, 0.2) is 0 Å². The Balaban J connectivity index is 1.51. The Kier molecular flexibility index (Phi) is 5.16. The molecule has 1 fully saturated rings. The minimum absolute atomic E-state index is 0.259. The van der Waals surface area contributed by atoms with E-state index in [1.165, 1.54) is 31.5 Å². The summed E-state index contributed by atoms with van der Waals surface area (Å²) in [6.45, 7) is 3.90. The summed E-state index contributed by atoms with van der Waals surface area (Å²) in [7, 11) is 0. The van der Waals surface area contributed by atoms with Gasteiger partial charge in [0, 0.05) is 23.6 Å². The first-order valence-electron chi connectivity index (χ1n) is 9.61. The van der Waals surface area contributed by atoms with E-state index in [1.807, 2.05) is 24.3 Å². The SMILES string of the molecule is NC(=O)c1c[nH]c(=O)c(-c2cc3cc(OCCN4CCCCC4)ccc3[nH]2)c1. The Morgan fingerprint density at radius 1 is 1.14 bits per heavy atom. The highest BCUT2D eigenvalue weighted by Gasteiger charge is 2.12. The van der Waals surface area contributed by atoms with Crippen LogP contribution in [0.4, 0.5) is 0 Å². The van der Waals surface area contributed by atoms with Crippen molar-refractivity contribution in [2.24, 2.45) is 5.73 Å². The molecule has 1 aliphatic rings. The number of aromatic amines is 2. The molecule has 4 N–H and O–H groups in total. The van der Waals surface area contributed by atoms with Crippen molar-refractivity contribution in [2.75, 3.05) is 26.2 Å². The highest BCUT2D eigenvalue weighted by molar-refractivity contribution is 5.94. The zero-order valence-electron chi connectivity index (χ0n) is 15.7. The van der Waals surface area contributed by atoms with E-state index < -0.39 is 5.91 Å². The average Bonchev–Trinajstić information content (AvgIpc) is 3.12. The van der Waals surface area contributed by atoms with Crippen LogP contribution in [0.25, 0.3) is 22.2 Å². The van der Waals surface area contributed by atoms with E-state index in [9.17, 15) is 9.59 Å². The molecule has 0 atom stereocenters. The summed E-state index contributed by atoms with van der Waals surface area (Å²) < 4.78 is 5.92. The second-order valence-corrected chi connectivity index (χ2v) is 7.18. The van der Waals surface area contributed by atoms with Crippen LogP contribution < -0.4 is 16.0 Å². The maximum absolute atomic E-state index is 12.2. The number of aromatic nitrogens is 2. The number of nitrogens with zero attached hydrogens (tertiary/aromatic N) is 1. The average molecular weight is 380 g/mol. The fraction of sp³-hybridized carbons (Fsp3) is 0.333.